The monoisotopic (exact) mass is 410 g/mol. The first kappa shape index (κ1) is 18.8. The van der Waals surface area contributed by atoms with Crippen LogP contribution in [-0.4, -0.2) is 29.6 Å². The van der Waals surface area contributed by atoms with Crippen LogP contribution in [0.3, 0.4) is 0 Å². The van der Waals surface area contributed by atoms with Crippen LogP contribution in [0, 0.1) is 0 Å². The fourth-order valence-corrected chi connectivity index (χ4v) is 3.76. The number of thiophene rings is 1. The molecular formula is C19H18N6O3S. The van der Waals surface area contributed by atoms with E-state index in [1.807, 2.05) is 22.9 Å². The fraction of sp³-hybridized carbons (Fsp3) is 0.211. The SMILES string of the molecule is Cn1c(=O)c2c(ncn2CC(=O)NCc2cncc(-c3ccsc3)c2)n(C)c1=O. The molecule has 4 aromatic heterocycles. The molecule has 0 spiro atoms. The van der Waals surface area contributed by atoms with Gasteiger partial charge in [0.1, 0.15) is 6.54 Å². The van der Waals surface area contributed by atoms with Gasteiger partial charge in [-0.05, 0) is 34.0 Å². The summed E-state index contributed by atoms with van der Waals surface area (Å²) in [6, 6.07) is 4.00. The number of carbonyl (C=O) groups is 1. The highest BCUT2D eigenvalue weighted by Crippen LogP contribution is 2.21. The van der Waals surface area contributed by atoms with Crippen molar-refractivity contribution in [2.24, 2.45) is 14.1 Å². The number of imidazole rings is 1. The van der Waals surface area contributed by atoms with Crippen molar-refractivity contribution < 1.29 is 4.79 Å². The van der Waals surface area contributed by atoms with Gasteiger partial charge in [-0.25, -0.2) is 9.78 Å². The third-order valence-electron chi connectivity index (χ3n) is 4.67. The minimum absolute atomic E-state index is 0.0818. The summed E-state index contributed by atoms with van der Waals surface area (Å²) >= 11 is 1.61. The molecule has 0 aliphatic rings. The minimum Gasteiger partial charge on any atom is -0.350 e. The Hall–Kier alpha value is -3.53. The number of hydrogen-bond acceptors (Lipinski definition) is 6. The number of aromatic nitrogens is 5. The summed E-state index contributed by atoms with van der Waals surface area (Å²) in [7, 11) is 2.93. The molecule has 0 radical (unpaired) electrons. The predicted molar refractivity (Wildman–Crippen MR) is 110 cm³/mol. The van der Waals surface area contributed by atoms with E-state index in [0.29, 0.717) is 6.54 Å². The van der Waals surface area contributed by atoms with E-state index in [2.05, 4.69) is 15.3 Å². The number of rotatable bonds is 5. The first-order chi connectivity index (χ1) is 14.0. The number of nitrogens with one attached hydrogen (secondary N) is 1. The molecule has 0 aliphatic carbocycles. The Labute approximate surface area is 168 Å². The molecule has 4 heterocycles. The lowest BCUT2D eigenvalue weighted by Gasteiger charge is -2.08. The van der Waals surface area contributed by atoms with Gasteiger partial charge < -0.3 is 9.88 Å². The Morgan fingerprint density at radius 2 is 2.00 bits per heavy atom. The molecule has 0 bridgehead atoms. The zero-order valence-electron chi connectivity index (χ0n) is 15.8. The van der Waals surface area contributed by atoms with Crippen LogP contribution in [-0.2, 0) is 32.0 Å². The molecule has 148 valence electrons. The van der Waals surface area contributed by atoms with Crippen molar-refractivity contribution in [1.29, 1.82) is 0 Å². The van der Waals surface area contributed by atoms with Crippen LogP contribution in [0.4, 0.5) is 0 Å². The lowest BCUT2D eigenvalue weighted by Crippen LogP contribution is -2.38. The van der Waals surface area contributed by atoms with Gasteiger partial charge >= 0.3 is 5.69 Å². The Balaban J connectivity index is 1.51. The molecule has 4 rings (SSSR count). The highest BCUT2D eigenvalue weighted by Gasteiger charge is 2.16. The number of nitrogens with zero attached hydrogens (tertiary/aromatic N) is 5. The third kappa shape index (κ3) is 3.49. The van der Waals surface area contributed by atoms with Gasteiger partial charge in [0.2, 0.25) is 5.91 Å². The molecule has 29 heavy (non-hydrogen) atoms. The largest absolute Gasteiger partial charge is 0.350 e. The first-order valence-electron chi connectivity index (χ1n) is 8.79. The summed E-state index contributed by atoms with van der Waals surface area (Å²) in [6.45, 7) is 0.231. The maximum atomic E-state index is 12.4. The van der Waals surface area contributed by atoms with Gasteiger partial charge in [0.25, 0.3) is 5.56 Å². The standard InChI is InChI=1S/C19H18N6O3S/c1-23-17-16(18(27)24(2)19(23)28)25(11-22-17)9-15(26)21-7-12-5-14(8-20-6-12)13-3-4-29-10-13/h3-6,8,10-11H,7,9H2,1-2H3,(H,21,26). The van der Waals surface area contributed by atoms with E-state index in [9.17, 15) is 14.4 Å². The predicted octanol–water partition coefficient (Wildman–Crippen LogP) is 0.874. The minimum atomic E-state index is -0.485. The Bertz CT molecular complexity index is 1320. The maximum absolute atomic E-state index is 12.4. The van der Waals surface area contributed by atoms with E-state index < -0.39 is 11.2 Å². The molecule has 0 aliphatic heterocycles. The van der Waals surface area contributed by atoms with Crippen LogP contribution >= 0.6 is 11.3 Å². The van der Waals surface area contributed by atoms with E-state index in [1.54, 1.807) is 23.7 Å². The summed E-state index contributed by atoms with van der Waals surface area (Å²) in [5, 5.41) is 6.87. The molecule has 0 aromatic carbocycles. The molecule has 0 fully saturated rings. The van der Waals surface area contributed by atoms with Gasteiger partial charge in [0.05, 0.1) is 6.33 Å². The summed E-state index contributed by atoms with van der Waals surface area (Å²) in [4.78, 5) is 45.2. The van der Waals surface area contributed by atoms with Crippen molar-refractivity contribution in [1.82, 2.24) is 29.0 Å². The normalized spacial score (nSPS) is 11.1. The van der Waals surface area contributed by atoms with E-state index >= 15 is 0 Å². The van der Waals surface area contributed by atoms with E-state index in [0.717, 1.165) is 21.3 Å². The van der Waals surface area contributed by atoms with Crippen molar-refractivity contribution >= 4 is 28.4 Å². The van der Waals surface area contributed by atoms with Crippen LogP contribution in [0.5, 0.6) is 0 Å². The Morgan fingerprint density at radius 1 is 1.17 bits per heavy atom. The average molecular weight is 410 g/mol. The zero-order chi connectivity index (χ0) is 20.5. The molecule has 9 nitrogen and oxygen atoms in total. The molecule has 4 aromatic rings. The maximum Gasteiger partial charge on any atom is 0.332 e. The second-order valence-corrected chi connectivity index (χ2v) is 7.40. The van der Waals surface area contributed by atoms with E-state index in [1.165, 1.54) is 29.6 Å². The highest BCUT2D eigenvalue weighted by molar-refractivity contribution is 7.08. The third-order valence-corrected chi connectivity index (χ3v) is 5.35. The van der Waals surface area contributed by atoms with Crippen molar-refractivity contribution in [3.8, 4) is 11.1 Å². The van der Waals surface area contributed by atoms with Gasteiger partial charge in [-0.1, -0.05) is 0 Å². The number of fused-ring (bicyclic) bond motifs is 1. The molecule has 0 atom stereocenters. The first-order valence-corrected chi connectivity index (χ1v) is 9.74. The van der Waals surface area contributed by atoms with E-state index in [4.69, 9.17) is 0 Å². The Kier molecular flexibility index (Phi) is 4.85. The fourth-order valence-electron chi connectivity index (χ4n) is 3.10. The summed E-state index contributed by atoms with van der Waals surface area (Å²) in [6.07, 6.45) is 4.88. The molecule has 0 saturated heterocycles. The van der Waals surface area contributed by atoms with Gasteiger partial charge in [-0.3, -0.25) is 23.7 Å². The molecule has 0 unspecified atom stereocenters. The van der Waals surface area contributed by atoms with Crippen molar-refractivity contribution in [2.75, 3.05) is 0 Å². The van der Waals surface area contributed by atoms with Crippen molar-refractivity contribution in [3.63, 3.8) is 0 Å². The van der Waals surface area contributed by atoms with Gasteiger partial charge in [-0.2, -0.15) is 11.3 Å². The van der Waals surface area contributed by atoms with Crippen LogP contribution in [0.1, 0.15) is 5.56 Å². The van der Waals surface area contributed by atoms with E-state index in [-0.39, 0.29) is 23.6 Å². The lowest BCUT2D eigenvalue weighted by molar-refractivity contribution is -0.121. The van der Waals surface area contributed by atoms with Crippen molar-refractivity contribution in [3.05, 3.63) is 68.0 Å². The van der Waals surface area contributed by atoms with Crippen LogP contribution in [0.15, 0.2) is 51.2 Å². The summed E-state index contributed by atoms with van der Waals surface area (Å²) in [5.41, 5.74) is 2.46. The van der Waals surface area contributed by atoms with Gasteiger partial charge in [0.15, 0.2) is 11.2 Å². The molecule has 10 heteroatoms. The van der Waals surface area contributed by atoms with Crippen molar-refractivity contribution in [2.45, 2.75) is 13.1 Å². The summed E-state index contributed by atoms with van der Waals surface area (Å²) in [5.74, 6) is -0.277. The quantitative estimate of drug-likeness (QED) is 0.526. The highest BCUT2D eigenvalue weighted by atomic mass is 32.1. The average Bonchev–Trinajstić information content (AvgIpc) is 3.40. The number of hydrogen-bond donors (Lipinski definition) is 1. The van der Waals surface area contributed by atoms with Gasteiger partial charge in [-0.15, -0.1) is 0 Å². The topological polar surface area (TPSA) is 104 Å². The second kappa shape index (κ2) is 7.47. The number of pyridine rings is 1. The van der Waals surface area contributed by atoms with Crippen LogP contribution < -0.4 is 16.6 Å². The van der Waals surface area contributed by atoms with Crippen LogP contribution in [0.25, 0.3) is 22.3 Å². The number of amides is 1. The van der Waals surface area contributed by atoms with Gasteiger partial charge in [0, 0.05) is 38.6 Å². The molecular weight excluding hydrogens is 392 g/mol. The zero-order valence-corrected chi connectivity index (χ0v) is 16.6. The molecule has 1 N–H and O–H groups in total. The number of aryl methyl sites for hydroxylation is 1. The van der Waals surface area contributed by atoms with Crippen LogP contribution in [0.2, 0.25) is 0 Å². The second-order valence-electron chi connectivity index (χ2n) is 6.62. The number of carbonyl (C=O) groups excluding carboxylic acids is 1. The summed E-state index contributed by atoms with van der Waals surface area (Å²) < 4.78 is 3.74. The lowest BCUT2D eigenvalue weighted by atomic mass is 10.1. The molecule has 0 saturated carbocycles. The molecule has 1 amide bonds. The Morgan fingerprint density at radius 3 is 2.76 bits per heavy atom. The smallest absolute Gasteiger partial charge is 0.332 e.